The number of hydrogen-bond acceptors (Lipinski definition) is 2. The zero-order chi connectivity index (χ0) is 16.1. The molecule has 0 saturated heterocycles. The summed E-state index contributed by atoms with van der Waals surface area (Å²) in [6.07, 6.45) is -0.349. The topological polar surface area (TPSA) is 66.4 Å². The molecule has 0 aliphatic rings. The minimum atomic E-state index is -1.10. The zero-order valence-electron chi connectivity index (χ0n) is 11.4. The molecule has 2 aromatic rings. The maximum Gasteiger partial charge on any atom is 0.305 e. The number of aliphatic carboxylic acids is 1. The second-order valence-corrected chi connectivity index (χ2v) is 4.68. The Labute approximate surface area is 125 Å². The van der Waals surface area contributed by atoms with Gasteiger partial charge in [0, 0.05) is 5.56 Å². The minimum Gasteiger partial charge on any atom is -0.481 e. The van der Waals surface area contributed by atoms with E-state index in [1.165, 1.54) is 36.4 Å². The first-order chi connectivity index (χ1) is 10.5. The van der Waals surface area contributed by atoms with Crippen LogP contribution in [-0.2, 0) is 4.79 Å². The van der Waals surface area contributed by atoms with Crippen molar-refractivity contribution in [2.45, 2.75) is 12.5 Å². The molecule has 2 aromatic carbocycles. The average molecular weight is 305 g/mol. The lowest BCUT2D eigenvalue weighted by Gasteiger charge is -2.17. The summed E-state index contributed by atoms with van der Waals surface area (Å²) < 4.78 is 25.8. The highest BCUT2D eigenvalue weighted by molar-refractivity contribution is 5.94. The van der Waals surface area contributed by atoms with E-state index in [1.54, 1.807) is 0 Å². The summed E-state index contributed by atoms with van der Waals surface area (Å²) >= 11 is 0. The Morgan fingerprint density at radius 2 is 1.45 bits per heavy atom. The molecule has 6 heteroatoms. The van der Waals surface area contributed by atoms with E-state index in [2.05, 4.69) is 5.32 Å². The number of amides is 1. The quantitative estimate of drug-likeness (QED) is 0.892. The van der Waals surface area contributed by atoms with Crippen molar-refractivity contribution in [1.29, 1.82) is 0 Å². The monoisotopic (exact) mass is 305 g/mol. The fraction of sp³-hybridized carbons (Fsp3) is 0.125. The molecule has 2 rings (SSSR count). The van der Waals surface area contributed by atoms with E-state index in [4.69, 9.17) is 5.11 Å². The lowest BCUT2D eigenvalue weighted by Crippen LogP contribution is -2.30. The number of carboxylic acid groups (broad SMARTS) is 1. The Morgan fingerprint density at radius 1 is 0.955 bits per heavy atom. The van der Waals surface area contributed by atoms with E-state index in [1.807, 2.05) is 0 Å². The van der Waals surface area contributed by atoms with Crippen LogP contribution in [0.2, 0.25) is 0 Å². The first kappa shape index (κ1) is 15.6. The molecule has 0 aliphatic heterocycles. The Balaban J connectivity index is 2.19. The highest BCUT2D eigenvalue weighted by Gasteiger charge is 2.19. The van der Waals surface area contributed by atoms with Gasteiger partial charge < -0.3 is 10.4 Å². The molecule has 0 fully saturated rings. The maximum absolute atomic E-state index is 12.9. The van der Waals surface area contributed by atoms with Gasteiger partial charge in [0.1, 0.15) is 11.6 Å². The van der Waals surface area contributed by atoms with Gasteiger partial charge in [-0.15, -0.1) is 0 Å². The summed E-state index contributed by atoms with van der Waals surface area (Å²) in [6, 6.07) is 9.26. The Morgan fingerprint density at radius 3 is 1.95 bits per heavy atom. The van der Waals surface area contributed by atoms with E-state index in [0.717, 1.165) is 12.1 Å². The molecule has 4 nitrogen and oxygen atoms in total. The van der Waals surface area contributed by atoms with Crippen LogP contribution in [0.15, 0.2) is 48.5 Å². The van der Waals surface area contributed by atoms with Crippen LogP contribution in [0.5, 0.6) is 0 Å². The van der Waals surface area contributed by atoms with Gasteiger partial charge in [-0.05, 0) is 42.0 Å². The molecule has 1 atom stereocenters. The van der Waals surface area contributed by atoms with Crippen LogP contribution in [0.3, 0.4) is 0 Å². The van der Waals surface area contributed by atoms with E-state index >= 15 is 0 Å². The number of hydrogen-bond donors (Lipinski definition) is 2. The number of carboxylic acids is 1. The SMILES string of the molecule is O=C(O)C[C@H](NC(=O)c1ccc(F)cc1)c1ccc(F)cc1. The molecule has 114 valence electrons. The molecule has 0 unspecified atom stereocenters. The summed E-state index contributed by atoms with van der Waals surface area (Å²) in [7, 11) is 0. The molecule has 0 bridgehead atoms. The lowest BCUT2D eigenvalue weighted by atomic mass is 10.0. The van der Waals surface area contributed by atoms with Gasteiger partial charge in [0.25, 0.3) is 5.91 Å². The molecule has 0 aromatic heterocycles. The second-order valence-electron chi connectivity index (χ2n) is 4.68. The van der Waals surface area contributed by atoms with Crippen LogP contribution in [0.4, 0.5) is 8.78 Å². The van der Waals surface area contributed by atoms with Crippen molar-refractivity contribution in [2.75, 3.05) is 0 Å². The molecule has 1 amide bonds. The van der Waals surface area contributed by atoms with E-state index < -0.39 is 29.6 Å². The molecular formula is C16H13F2NO3. The predicted molar refractivity (Wildman–Crippen MR) is 75.3 cm³/mol. The standard InChI is InChI=1S/C16H13F2NO3/c17-12-5-1-10(2-6-12)14(9-15(20)21)19-16(22)11-3-7-13(18)8-4-11/h1-8,14H,9H2,(H,19,22)(H,20,21)/t14-/m0/s1. The highest BCUT2D eigenvalue weighted by Crippen LogP contribution is 2.18. The molecule has 2 N–H and O–H groups in total. The first-order valence-electron chi connectivity index (χ1n) is 6.49. The fourth-order valence-electron chi connectivity index (χ4n) is 1.96. The van der Waals surface area contributed by atoms with E-state index in [-0.39, 0.29) is 12.0 Å². The third kappa shape index (κ3) is 4.12. The number of benzene rings is 2. The average Bonchev–Trinajstić information content (AvgIpc) is 2.47. The molecule has 0 radical (unpaired) electrons. The number of carbonyl (C=O) groups excluding carboxylic acids is 1. The van der Waals surface area contributed by atoms with Crippen molar-refractivity contribution < 1.29 is 23.5 Å². The van der Waals surface area contributed by atoms with Crippen LogP contribution < -0.4 is 5.32 Å². The Hall–Kier alpha value is -2.76. The van der Waals surface area contributed by atoms with Crippen molar-refractivity contribution in [3.05, 3.63) is 71.3 Å². The van der Waals surface area contributed by atoms with Crippen LogP contribution in [0.1, 0.15) is 28.4 Å². The number of carbonyl (C=O) groups is 2. The summed E-state index contributed by atoms with van der Waals surface area (Å²) in [5.41, 5.74) is 0.679. The normalized spacial score (nSPS) is 11.7. The largest absolute Gasteiger partial charge is 0.481 e. The molecule has 0 saturated carbocycles. The maximum atomic E-state index is 12.9. The molecule has 0 spiro atoms. The predicted octanol–water partition coefficient (Wildman–Crippen LogP) is 2.91. The molecular weight excluding hydrogens is 292 g/mol. The number of halogens is 2. The molecule has 0 aliphatic carbocycles. The van der Waals surface area contributed by atoms with Crippen molar-refractivity contribution in [3.63, 3.8) is 0 Å². The van der Waals surface area contributed by atoms with Gasteiger partial charge >= 0.3 is 5.97 Å². The Kier molecular flexibility index (Phi) is 4.83. The van der Waals surface area contributed by atoms with Crippen molar-refractivity contribution in [3.8, 4) is 0 Å². The van der Waals surface area contributed by atoms with Crippen molar-refractivity contribution in [1.82, 2.24) is 5.32 Å². The lowest BCUT2D eigenvalue weighted by molar-refractivity contribution is -0.137. The fourth-order valence-corrected chi connectivity index (χ4v) is 1.96. The van der Waals surface area contributed by atoms with Gasteiger partial charge in [-0.3, -0.25) is 9.59 Å². The summed E-state index contributed by atoms with van der Waals surface area (Å²) in [5, 5.41) is 11.5. The van der Waals surface area contributed by atoms with E-state index in [9.17, 15) is 18.4 Å². The van der Waals surface area contributed by atoms with Crippen LogP contribution >= 0.6 is 0 Å². The molecule has 22 heavy (non-hydrogen) atoms. The van der Waals surface area contributed by atoms with Crippen molar-refractivity contribution >= 4 is 11.9 Å². The summed E-state index contributed by atoms with van der Waals surface area (Å²) in [6.45, 7) is 0. The van der Waals surface area contributed by atoms with Gasteiger partial charge in [-0.2, -0.15) is 0 Å². The van der Waals surface area contributed by atoms with Crippen LogP contribution in [-0.4, -0.2) is 17.0 Å². The van der Waals surface area contributed by atoms with Gasteiger partial charge in [0.2, 0.25) is 0 Å². The number of rotatable bonds is 5. The Bertz CT molecular complexity index is 669. The second kappa shape index (κ2) is 6.80. The van der Waals surface area contributed by atoms with Crippen LogP contribution in [0.25, 0.3) is 0 Å². The van der Waals surface area contributed by atoms with Gasteiger partial charge in [-0.25, -0.2) is 8.78 Å². The highest BCUT2D eigenvalue weighted by atomic mass is 19.1. The smallest absolute Gasteiger partial charge is 0.305 e. The van der Waals surface area contributed by atoms with Crippen molar-refractivity contribution in [2.24, 2.45) is 0 Å². The third-order valence-electron chi connectivity index (χ3n) is 3.06. The van der Waals surface area contributed by atoms with Gasteiger partial charge in [0.15, 0.2) is 0 Å². The third-order valence-corrected chi connectivity index (χ3v) is 3.06. The zero-order valence-corrected chi connectivity index (χ0v) is 11.4. The molecule has 0 heterocycles. The number of nitrogens with one attached hydrogen (secondary N) is 1. The van der Waals surface area contributed by atoms with Gasteiger partial charge in [-0.1, -0.05) is 12.1 Å². The van der Waals surface area contributed by atoms with Gasteiger partial charge in [0.05, 0.1) is 12.5 Å². The van der Waals surface area contributed by atoms with E-state index in [0.29, 0.717) is 5.56 Å². The summed E-state index contributed by atoms with van der Waals surface area (Å²) in [5.74, 6) is -2.57. The van der Waals surface area contributed by atoms with Crippen LogP contribution in [0, 0.1) is 11.6 Å². The minimum absolute atomic E-state index is 0.207. The first-order valence-corrected chi connectivity index (χ1v) is 6.49. The summed E-state index contributed by atoms with van der Waals surface area (Å²) in [4.78, 5) is 23.0.